The van der Waals surface area contributed by atoms with E-state index < -0.39 is 0 Å². The van der Waals surface area contributed by atoms with Gasteiger partial charge in [0, 0.05) is 44.8 Å². The number of para-hydroxylation sites is 1. The lowest BCUT2D eigenvalue weighted by Crippen LogP contribution is -2.50. The average Bonchev–Trinajstić information content (AvgIpc) is 2.61. The molecule has 1 fully saturated rings. The summed E-state index contributed by atoms with van der Waals surface area (Å²) in [6.07, 6.45) is 2.58. The van der Waals surface area contributed by atoms with Gasteiger partial charge in [-0.2, -0.15) is 0 Å². The van der Waals surface area contributed by atoms with Gasteiger partial charge in [0.05, 0.1) is 0 Å². The summed E-state index contributed by atoms with van der Waals surface area (Å²) in [6, 6.07) is 10.6. The van der Waals surface area contributed by atoms with Gasteiger partial charge in [0.25, 0.3) is 0 Å². The molecule has 1 aromatic carbocycles. The molecule has 1 heterocycles. The van der Waals surface area contributed by atoms with Crippen molar-refractivity contribution in [3.63, 3.8) is 0 Å². The Labute approximate surface area is 157 Å². The Morgan fingerprint density at radius 2 is 2.08 bits per heavy atom. The van der Waals surface area contributed by atoms with Crippen LogP contribution in [0.1, 0.15) is 33.1 Å². The smallest absolute Gasteiger partial charge is 0.217 e. The molecular weight excluding hydrogens is 326 g/mol. The maximum Gasteiger partial charge on any atom is 0.217 e. The number of guanidine groups is 1. The molecule has 0 aromatic heterocycles. The number of likely N-dealkylation sites (tertiary alicyclic amines) is 1. The molecule has 2 atom stereocenters. The summed E-state index contributed by atoms with van der Waals surface area (Å²) in [6.45, 7) is 7.02. The van der Waals surface area contributed by atoms with Crippen molar-refractivity contribution in [2.45, 2.75) is 39.2 Å². The normalized spacial score (nSPS) is 19.3. The highest BCUT2D eigenvalue weighted by atomic mass is 16.1. The second-order valence-electron chi connectivity index (χ2n) is 7.41. The van der Waals surface area contributed by atoms with Crippen LogP contribution in [-0.2, 0) is 4.79 Å². The molecule has 1 aromatic rings. The van der Waals surface area contributed by atoms with Crippen molar-refractivity contribution in [3.05, 3.63) is 30.3 Å². The quantitative estimate of drug-likeness (QED) is 0.515. The number of carbonyl (C=O) groups is 1. The Morgan fingerprint density at radius 1 is 1.35 bits per heavy atom. The summed E-state index contributed by atoms with van der Waals surface area (Å²) in [7, 11) is 1.81. The first-order valence-electron chi connectivity index (χ1n) is 9.55. The number of hydrogen-bond donors (Lipinski definition) is 3. The van der Waals surface area contributed by atoms with Gasteiger partial charge >= 0.3 is 0 Å². The van der Waals surface area contributed by atoms with Crippen LogP contribution in [0.15, 0.2) is 35.3 Å². The third-order valence-corrected chi connectivity index (χ3v) is 4.93. The van der Waals surface area contributed by atoms with Gasteiger partial charge in [-0.15, -0.1) is 0 Å². The van der Waals surface area contributed by atoms with Crippen molar-refractivity contribution in [1.82, 2.24) is 10.2 Å². The fourth-order valence-electron chi connectivity index (χ4n) is 3.44. The van der Waals surface area contributed by atoms with Gasteiger partial charge < -0.3 is 21.3 Å². The van der Waals surface area contributed by atoms with E-state index in [0.29, 0.717) is 24.3 Å². The number of piperidine rings is 1. The Bertz CT molecular complexity index is 587. The molecule has 6 heteroatoms. The fourth-order valence-corrected chi connectivity index (χ4v) is 3.44. The number of nitrogens with one attached hydrogen (secondary N) is 2. The monoisotopic (exact) mass is 359 g/mol. The highest BCUT2D eigenvalue weighted by molar-refractivity contribution is 5.80. The molecule has 1 aliphatic rings. The van der Waals surface area contributed by atoms with Gasteiger partial charge in [0.2, 0.25) is 5.91 Å². The second-order valence-corrected chi connectivity index (χ2v) is 7.41. The second kappa shape index (κ2) is 10.0. The number of aliphatic imine (C=N–C) groups is 1. The van der Waals surface area contributed by atoms with E-state index in [4.69, 9.17) is 5.73 Å². The van der Waals surface area contributed by atoms with Crippen molar-refractivity contribution < 1.29 is 4.79 Å². The highest BCUT2D eigenvalue weighted by Crippen LogP contribution is 2.19. The molecule has 1 saturated heterocycles. The van der Waals surface area contributed by atoms with Crippen LogP contribution in [0.25, 0.3) is 0 Å². The van der Waals surface area contributed by atoms with E-state index in [2.05, 4.69) is 46.5 Å². The predicted octanol–water partition coefficient (Wildman–Crippen LogP) is 2.29. The summed E-state index contributed by atoms with van der Waals surface area (Å²) >= 11 is 0. The molecule has 6 nitrogen and oxygen atoms in total. The summed E-state index contributed by atoms with van der Waals surface area (Å²) in [5, 5.41) is 7.11. The number of carbonyl (C=O) groups excluding carboxylic acids is 1. The maximum atomic E-state index is 11.2. The van der Waals surface area contributed by atoms with E-state index in [-0.39, 0.29) is 5.91 Å². The van der Waals surface area contributed by atoms with Crippen molar-refractivity contribution in [1.29, 1.82) is 0 Å². The minimum Gasteiger partial charge on any atom is -0.380 e. The number of hydrogen-bond acceptors (Lipinski definition) is 3. The van der Waals surface area contributed by atoms with Crippen LogP contribution < -0.4 is 16.4 Å². The van der Waals surface area contributed by atoms with Gasteiger partial charge in [-0.1, -0.05) is 32.0 Å². The third-order valence-electron chi connectivity index (χ3n) is 4.93. The van der Waals surface area contributed by atoms with Crippen LogP contribution in [-0.4, -0.2) is 49.5 Å². The van der Waals surface area contributed by atoms with E-state index in [1.165, 1.54) is 0 Å². The zero-order valence-corrected chi connectivity index (χ0v) is 16.2. The molecule has 0 radical (unpaired) electrons. The van der Waals surface area contributed by atoms with Crippen molar-refractivity contribution in [2.24, 2.45) is 22.6 Å². The molecule has 0 saturated carbocycles. The highest BCUT2D eigenvalue weighted by Gasteiger charge is 2.24. The minimum atomic E-state index is -0.216. The minimum absolute atomic E-state index is 0.216. The van der Waals surface area contributed by atoms with E-state index in [1.54, 1.807) is 0 Å². The Hall–Kier alpha value is -2.24. The Balaban J connectivity index is 1.92. The molecule has 1 amide bonds. The maximum absolute atomic E-state index is 11.2. The van der Waals surface area contributed by atoms with Gasteiger partial charge in [0.1, 0.15) is 0 Å². The molecule has 2 unspecified atom stereocenters. The topological polar surface area (TPSA) is 82.8 Å². The first-order valence-corrected chi connectivity index (χ1v) is 9.55. The molecule has 0 bridgehead atoms. The van der Waals surface area contributed by atoms with Gasteiger partial charge in [0.15, 0.2) is 5.96 Å². The molecule has 26 heavy (non-hydrogen) atoms. The molecule has 4 N–H and O–H groups in total. The zero-order chi connectivity index (χ0) is 18.9. The number of nitrogens with zero attached hydrogens (tertiary/aromatic N) is 2. The van der Waals surface area contributed by atoms with Gasteiger partial charge in [-0.05, 0) is 36.8 Å². The first kappa shape index (κ1) is 20.1. The number of rotatable bonds is 7. The van der Waals surface area contributed by atoms with Crippen LogP contribution in [0.5, 0.6) is 0 Å². The average molecular weight is 360 g/mol. The molecule has 2 rings (SSSR count). The molecule has 0 aliphatic carbocycles. The van der Waals surface area contributed by atoms with Crippen molar-refractivity contribution in [2.75, 3.05) is 32.0 Å². The summed E-state index contributed by atoms with van der Waals surface area (Å²) < 4.78 is 0. The lowest BCUT2D eigenvalue weighted by molar-refractivity contribution is -0.119. The number of primary amides is 1. The van der Waals surface area contributed by atoms with Crippen molar-refractivity contribution >= 4 is 17.6 Å². The summed E-state index contributed by atoms with van der Waals surface area (Å²) in [5.41, 5.74) is 6.50. The fraction of sp³-hybridized carbons (Fsp3) is 0.600. The third kappa shape index (κ3) is 6.24. The lowest BCUT2D eigenvalue weighted by Gasteiger charge is -2.35. The van der Waals surface area contributed by atoms with Gasteiger partial charge in [-0.3, -0.25) is 9.79 Å². The van der Waals surface area contributed by atoms with Crippen LogP contribution >= 0.6 is 0 Å². The Kier molecular flexibility index (Phi) is 7.75. The van der Waals surface area contributed by atoms with Crippen LogP contribution in [0.4, 0.5) is 5.69 Å². The molecule has 0 spiro atoms. The van der Waals surface area contributed by atoms with E-state index in [9.17, 15) is 4.79 Å². The number of anilines is 1. The van der Waals surface area contributed by atoms with Crippen LogP contribution in [0.2, 0.25) is 0 Å². The summed E-state index contributed by atoms with van der Waals surface area (Å²) in [5.74, 6) is 1.49. The Morgan fingerprint density at radius 3 is 2.69 bits per heavy atom. The summed E-state index contributed by atoms with van der Waals surface area (Å²) in [4.78, 5) is 17.9. The molecule has 1 aliphatic heterocycles. The van der Waals surface area contributed by atoms with Crippen LogP contribution in [0.3, 0.4) is 0 Å². The number of nitrogens with two attached hydrogens (primary N) is 1. The predicted molar refractivity (Wildman–Crippen MR) is 108 cm³/mol. The molecular formula is C20H33N5O. The van der Waals surface area contributed by atoms with E-state index in [0.717, 1.165) is 44.1 Å². The lowest BCUT2D eigenvalue weighted by atomic mass is 9.95. The van der Waals surface area contributed by atoms with Gasteiger partial charge in [-0.25, -0.2) is 0 Å². The number of benzene rings is 1. The van der Waals surface area contributed by atoms with Crippen LogP contribution in [0, 0.1) is 11.8 Å². The SMILES string of the molecule is CN=C(NCC(Nc1ccccc1)C(C)C)N1CCCC(CC(N)=O)C1. The molecule has 144 valence electrons. The number of amides is 1. The van der Waals surface area contributed by atoms with E-state index in [1.807, 2.05) is 25.2 Å². The zero-order valence-electron chi connectivity index (χ0n) is 16.2. The van der Waals surface area contributed by atoms with Crippen molar-refractivity contribution in [3.8, 4) is 0 Å². The van der Waals surface area contributed by atoms with E-state index >= 15 is 0 Å². The largest absolute Gasteiger partial charge is 0.380 e. The standard InChI is InChI=1S/C20H33N5O/c1-15(2)18(24-17-9-5-4-6-10-17)13-23-20(22-3)25-11-7-8-16(14-25)12-19(21)26/h4-6,9-10,15-16,18,24H,7-8,11-14H2,1-3H3,(H2,21,26)(H,22,23). The first-order chi connectivity index (χ1) is 12.5.